The Kier molecular flexibility index (Phi) is 7.35. The zero-order valence-electron chi connectivity index (χ0n) is 12.7. The van der Waals surface area contributed by atoms with Gasteiger partial charge >= 0.3 is 5.97 Å². The van der Waals surface area contributed by atoms with E-state index in [1.165, 1.54) is 0 Å². The zero-order valence-corrected chi connectivity index (χ0v) is 13.6. The summed E-state index contributed by atoms with van der Waals surface area (Å²) in [6.07, 6.45) is 2.49. The molecule has 1 amide bonds. The number of nitrogens with zero attached hydrogens (tertiary/aromatic N) is 1. The predicted octanol–water partition coefficient (Wildman–Crippen LogP) is 1.97. The third kappa shape index (κ3) is 5.00. The number of carboxylic acids is 1. The van der Waals surface area contributed by atoms with Crippen molar-refractivity contribution >= 4 is 24.3 Å². The molecule has 2 N–H and O–H groups in total. The maximum absolute atomic E-state index is 12.0. The van der Waals surface area contributed by atoms with Crippen LogP contribution in [0.1, 0.15) is 30.4 Å². The number of carbonyl (C=O) groups excluding carboxylic acids is 1. The van der Waals surface area contributed by atoms with Crippen LogP contribution in [0.2, 0.25) is 0 Å². The first-order valence-electron chi connectivity index (χ1n) is 7.36. The summed E-state index contributed by atoms with van der Waals surface area (Å²) >= 11 is 0. The smallest absolute Gasteiger partial charge is 0.320 e. The van der Waals surface area contributed by atoms with E-state index in [0.717, 1.165) is 24.0 Å². The van der Waals surface area contributed by atoms with E-state index < -0.39 is 12.0 Å². The van der Waals surface area contributed by atoms with Crippen LogP contribution in [0, 0.1) is 6.92 Å². The van der Waals surface area contributed by atoms with Crippen LogP contribution in [-0.2, 0) is 16.1 Å². The first-order chi connectivity index (χ1) is 10.1. The number of likely N-dealkylation sites (tertiary alicyclic amines) is 1. The monoisotopic (exact) mass is 326 g/mol. The molecule has 122 valence electrons. The zero-order chi connectivity index (χ0) is 15.2. The summed E-state index contributed by atoms with van der Waals surface area (Å²) in [7, 11) is 0. The maximum atomic E-state index is 12.0. The number of aliphatic carboxylic acids is 1. The van der Waals surface area contributed by atoms with Gasteiger partial charge in [-0.25, -0.2) is 0 Å². The lowest BCUT2D eigenvalue weighted by Gasteiger charge is -2.32. The molecule has 1 aromatic rings. The number of carbonyl (C=O) groups is 2. The summed E-state index contributed by atoms with van der Waals surface area (Å²) in [4.78, 5) is 25.0. The van der Waals surface area contributed by atoms with E-state index in [-0.39, 0.29) is 24.9 Å². The largest absolute Gasteiger partial charge is 0.480 e. The Morgan fingerprint density at radius 1 is 1.32 bits per heavy atom. The van der Waals surface area contributed by atoms with E-state index in [4.69, 9.17) is 0 Å². The van der Waals surface area contributed by atoms with Crippen LogP contribution in [-0.4, -0.2) is 41.0 Å². The first kappa shape index (κ1) is 18.5. The molecule has 1 heterocycles. The summed E-state index contributed by atoms with van der Waals surface area (Å²) in [6, 6.07) is 7.37. The molecule has 2 rings (SSSR count). The van der Waals surface area contributed by atoms with E-state index in [0.29, 0.717) is 19.5 Å². The number of aryl methyl sites for hydroxylation is 1. The van der Waals surface area contributed by atoms with Gasteiger partial charge < -0.3 is 10.4 Å². The third-order valence-corrected chi connectivity index (χ3v) is 3.98. The Hall–Kier alpha value is -1.59. The summed E-state index contributed by atoms with van der Waals surface area (Å²) < 4.78 is 0. The van der Waals surface area contributed by atoms with Crippen LogP contribution in [0.15, 0.2) is 24.3 Å². The van der Waals surface area contributed by atoms with Gasteiger partial charge in [0.05, 0.1) is 6.54 Å². The van der Waals surface area contributed by atoms with Gasteiger partial charge in [0.2, 0.25) is 5.91 Å². The van der Waals surface area contributed by atoms with E-state index >= 15 is 0 Å². The molecule has 1 aliphatic heterocycles. The number of hydrogen-bond donors (Lipinski definition) is 2. The SMILES string of the molecule is Cc1ccccc1CNC(=O)CN1CCCCC1C(=O)O.Cl. The van der Waals surface area contributed by atoms with Crippen molar-refractivity contribution in [3.63, 3.8) is 0 Å². The molecule has 1 aliphatic rings. The van der Waals surface area contributed by atoms with Gasteiger partial charge in [-0.15, -0.1) is 12.4 Å². The summed E-state index contributed by atoms with van der Waals surface area (Å²) in [6.45, 7) is 3.32. The Labute approximate surface area is 137 Å². The Balaban J connectivity index is 0.00000242. The molecule has 1 saturated heterocycles. The van der Waals surface area contributed by atoms with Gasteiger partial charge in [-0.2, -0.15) is 0 Å². The van der Waals surface area contributed by atoms with Gasteiger partial charge in [0.1, 0.15) is 6.04 Å². The average molecular weight is 327 g/mol. The molecule has 22 heavy (non-hydrogen) atoms. The van der Waals surface area contributed by atoms with Gasteiger partial charge in [0.15, 0.2) is 0 Å². The van der Waals surface area contributed by atoms with Crippen LogP contribution in [0.4, 0.5) is 0 Å². The standard InChI is InChI=1S/C16H22N2O3.ClH/c1-12-6-2-3-7-13(12)10-17-15(19)11-18-9-5-4-8-14(18)16(20)21;/h2-3,6-7,14H,4-5,8-11H2,1H3,(H,17,19)(H,20,21);1H. The molecule has 6 heteroatoms. The number of carboxylic acid groups (broad SMARTS) is 1. The van der Waals surface area contributed by atoms with E-state index in [2.05, 4.69) is 5.32 Å². The van der Waals surface area contributed by atoms with Gasteiger partial charge in [-0.1, -0.05) is 30.7 Å². The highest BCUT2D eigenvalue weighted by molar-refractivity contribution is 5.85. The van der Waals surface area contributed by atoms with Crippen molar-refractivity contribution in [2.75, 3.05) is 13.1 Å². The molecular formula is C16H23ClN2O3. The average Bonchev–Trinajstić information content (AvgIpc) is 2.47. The maximum Gasteiger partial charge on any atom is 0.320 e. The summed E-state index contributed by atoms with van der Waals surface area (Å²) in [5.74, 6) is -0.951. The number of halogens is 1. The molecule has 0 spiro atoms. The van der Waals surface area contributed by atoms with Crippen LogP contribution >= 0.6 is 12.4 Å². The lowest BCUT2D eigenvalue weighted by Crippen LogP contribution is -2.48. The van der Waals surface area contributed by atoms with E-state index in [9.17, 15) is 14.7 Å². The molecule has 0 saturated carbocycles. The predicted molar refractivity (Wildman–Crippen MR) is 87.1 cm³/mol. The van der Waals surface area contributed by atoms with Gasteiger partial charge in [-0.3, -0.25) is 14.5 Å². The minimum absolute atomic E-state index is 0. The van der Waals surface area contributed by atoms with Crippen LogP contribution in [0.3, 0.4) is 0 Å². The second-order valence-corrected chi connectivity index (χ2v) is 5.52. The minimum Gasteiger partial charge on any atom is -0.480 e. The van der Waals surface area contributed by atoms with Crippen LogP contribution in [0.25, 0.3) is 0 Å². The van der Waals surface area contributed by atoms with Crippen molar-refractivity contribution in [1.82, 2.24) is 10.2 Å². The highest BCUT2D eigenvalue weighted by atomic mass is 35.5. The lowest BCUT2D eigenvalue weighted by molar-refractivity contribution is -0.145. The number of benzene rings is 1. The molecule has 1 unspecified atom stereocenters. The highest BCUT2D eigenvalue weighted by Crippen LogP contribution is 2.16. The Morgan fingerprint density at radius 2 is 2.05 bits per heavy atom. The Morgan fingerprint density at radius 3 is 2.73 bits per heavy atom. The van der Waals surface area contributed by atoms with Crippen molar-refractivity contribution in [1.29, 1.82) is 0 Å². The summed E-state index contributed by atoms with van der Waals surface area (Å²) in [5, 5.41) is 12.1. The number of hydrogen-bond acceptors (Lipinski definition) is 3. The van der Waals surface area contributed by atoms with Crippen molar-refractivity contribution < 1.29 is 14.7 Å². The highest BCUT2D eigenvalue weighted by Gasteiger charge is 2.29. The second-order valence-electron chi connectivity index (χ2n) is 5.52. The number of amides is 1. The van der Waals surface area contributed by atoms with Gasteiger partial charge in [-0.05, 0) is 37.4 Å². The molecule has 1 fully saturated rings. The quantitative estimate of drug-likeness (QED) is 0.868. The fraction of sp³-hybridized carbons (Fsp3) is 0.500. The molecule has 1 atom stereocenters. The third-order valence-electron chi connectivity index (χ3n) is 3.98. The van der Waals surface area contributed by atoms with Crippen LogP contribution in [0.5, 0.6) is 0 Å². The molecule has 0 bridgehead atoms. The molecule has 1 aromatic carbocycles. The van der Waals surface area contributed by atoms with Gasteiger partial charge in [0.25, 0.3) is 0 Å². The molecule has 5 nitrogen and oxygen atoms in total. The lowest BCUT2D eigenvalue weighted by atomic mass is 10.0. The summed E-state index contributed by atoms with van der Waals surface area (Å²) in [5.41, 5.74) is 2.22. The molecule has 0 radical (unpaired) electrons. The number of nitrogens with one attached hydrogen (secondary N) is 1. The number of rotatable bonds is 5. The Bertz CT molecular complexity index is 522. The molecule has 0 aromatic heterocycles. The van der Waals surface area contributed by atoms with Crippen molar-refractivity contribution in [3.8, 4) is 0 Å². The van der Waals surface area contributed by atoms with Crippen LogP contribution < -0.4 is 5.32 Å². The molecule has 0 aliphatic carbocycles. The fourth-order valence-corrected chi connectivity index (χ4v) is 2.70. The van der Waals surface area contributed by atoms with Crippen molar-refractivity contribution in [2.45, 2.75) is 38.8 Å². The fourth-order valence-electron chi connectivity index (χ4n) is 2.70. The normalized spacial score (nSPS) is 18.3. The number of piperidine rings is 1. The van der Waals surface area contributed by atoms with Gasteiger partial charge in [0, 0.05) is 6.54 Å². The first-order valence-corrected chi connectivity index (χ1v) is 7.36. The van der Waals surface area contributed by atoms with E-state index in [1.54, 1.807) is 4.90 Å². The van der Waals surface area contributed by atoms with Crippen molar-refractivity contribution in [3.05, 3.63) is 35.4 Å². The van der Waals surface area contributed by atoms with Crippen molar-refractivity contribution in [2.24, 2.45) is 0 Å². The molecular weight excluding hydrogens is 304 g/mol. The minimum atomic E-state index is -0.832. The topological polar surface area (TPSA) is 69.6 Å². The van der Waals surface area contributed by atoms with E-state index in [1.807, 2.05) is 31.2 Å². The second kappa shape index (κ2) is 8.76.